The van der Waals surface area contributed by atoms with Gasteiger partial charge >= 0.3 is 0 Å². The number of likely N-dealkylation sites (tertiary alicyclic amines) is 1. The Morgan fingerprint density at radius 3 is 2.31 bits per heavy atom. The standard InChI is InChI=1S/C25H26N2O2/c28-25(26-23-15-16-27(18-23)17-20-7-3-1-4-8-20)22-13-11-21(12-14-22)19-29-24-9-5-2-6-10-24/h1-14,23H,15-19H2,(H,26,28)/p+1/t23-/m0/s1. The lowest BCUT2D eigenvalue weighted by Gasteiger charge is -2.14. The van der Waals surface area contributed by atoms with Crippen molar-refractivity contribution in [3.63, 3.8) is 0 Å². The number of carbonyl (C=O) groups excluding carboxylic acids is 1. The third-order valence-corrected chi connectivity index (χ3v) is 5.38. The van der Waals surface area contributed by atoms with Gasteiger partial charge in [-0.25, -0.2) is 0 Å². The predicted octanol–water partition coefficient (Wildman–Crippen LogP) is 2.85. The zero-order chi connectivity index (χ0) is 19.9. The number of hydrogen-bond acceptors (Lipinski definition) is 2. The van der Waals surface area contributed by atoms with E-state index in [9.17, 15) is 4.79 Å². The van der Waals surface area contributed by atoms with Crippen molar-refractivity contribution >= 4 is 5.91 Å². The number of benzene rings is 3. The molecule has 1 heterocycles. The highest BCUT2D eigenvalue weighted by Crippen LogP contribution is 2.12. The summed E-state index contributed by atoms with van der Waals surface area (Å²) >= 11 is 0. The van der Waals surface area contributed by atoms with Crippen LogP contribution in [-0.4, -0.2) is 25.0 Å². The molecule has 1 aliphatic rings. The molecule has 3 aromatic carbocycles. The fourth-order valence-electron chi connectivity index (χ4n) is 3.80. The van der Waals surface area contributed by atoms with E-state index >= 15 is 0 Å². The van der Waals surface area contributed by atoms with Gasteiger partial charge in [0.15, 0.2) is 0 Å². The van der Waals surface area contributed by atoms with Crippen molar-refractivity contribution in [2.75, 3.05) is 13.1 Å². The minimum atomic E-state index is 0.00601. The lowest BCUT2D eigenvalue weighted by Crippen LogP contribution is -3.09. The molecule has 0 saturated carbocycles. The quantitative estimate of drug-likeness (QED) is 0.655. The molecule has 4 heteroatoms. The summed E-state index contributed by atoms with van der Waals surface area (Å²) in [7, 11) is 0. The normalized spacial score (nSPS) is 18.3. The average Bonchev–Trinajstić information content (AvgIpc) is 3.20. The summed E-state index contributed by atoms with van der Waals surface area (Å²) in [6.07, 6.45) is 1.02. The molecule has 0 aromatic heterocycles. The molecule has 2 N–H and O–H groups in total. The number of hydrogen-bond donors (Lipinski definition) is 2. The molecule has 1 unspecified atom stereocenters. The second-order valence-corrected chi connectivity index (χ2v) is 7.62. The van der Waals surface area contributed by atoms with Crippen LogP contribution in [0.5, 0.6) is 5.75 Å². The van der Waals surface area contributed by atoms with Crippen molar-refractivity contribution in [1.29, 1.82) is 0 Å². The molecule has 0 spiro atoms. The monoisotopic (exact) mass is 387 g/mol. The van der Waals surface area contributed by atoms with E-state index in [0.717, 1.165) is 37.4 Å². The first-order valence-electron chi connectivity index (χ1n) is 10.2. The van der Waals surface area contributed by atoms with E-state index in [1.165, 1.54) is 10.5 Å². The second kappa shape index (κ2) is 9.39. The predicted molar refractivity (Wildman–Crippen MR) is 114 cm³/mol. The molecule has 148 valence electrons. The maximum absolute atomic E-state index is 12.6. The maximum Gasteiger partial charge on any atom is 0.251 e. The molecule has 0 radical (unpaired) electrons. The summed E-state index contributed by atoms with van der Waals surface area (Å²) in [5, 5.41) is 3.20. The number of amides is 1. The van der Waals surface area contributed by atoms with E-state index in [2.05, 4.69) is 29.6 Å². The lowest BCUT2D eigenvalue weighted by atomic mass is 10.1. The van der Waals surface area contributed by atoms with Crippen molar-refractivity contribution in [3.05, 3.63) is 102 Å². The van der Waals surface area contributed by atoms with Gasteiger partial charge in [-0.15, -0.1) is 0 Å². The van der Waals surface area contributed by atoms with E-state index in [4.69, 9.17) is 4.74 Å². The Bertz CT molecular complexity index is 911. The summed E-state index contributed by atoms with van der Waals surface area (Å²) in [5.41, 5.74) is 3.09. The van der Waals surface area contributed by atoms with Crippen LogP contribution in [0.3, 0.4) is 0 Å². The fourth-order valence-corrected chi connectivity index (χ4v) is 3.80. The van der Waals surface area contributed by atoms with E-state index in [1.807, 2.05) is 60.7 Å². The van der Waals surface area contributed by atoms with Crippen LogP contribution in [0.2, 0.25) is 0 Å². The average molecular weight is 388 g/mol. The van der Waals surface area contributed by atoms with Gasteiger partial charge in [0.1, 0.15) is 18.9 Å². The van der Waals surface area contributed by atoms with Crippen LogP contribution in [0.25, 0.3) is 0 Å². The molecular weight excluding hydrogens is 360 g/mol. The zero-order valence-corrected chi connectivity index (χ0v) is 16.5. The van der Waals surface area contributed by atoms with Gasteiger partial charge in [0.25, 0.3) is 5.91 Å². The smallest absolute Gasteiger partial charge is 0.251 e. The van der Waals surface area contributed by atoms with Crippen molar-refractivity contribution in [3.8, 4) is 5.75 Å². The summed E-state index contributed by atoms with van der Waals surface area (Å²) < 4.78 is 5.76. The zero-order valence-electron chi connectivity index (χ0n) is 16.5. The van der Waals surface area contributed by atoms with Gasteiger partial charge < -0.3 is 15.0 Å². The van der Waals surface area contributed by atoms with Crippen LogP contribution in [0.4, 0.5) is 0 Å². The van der Waals surface area contributed by atoms with Crippen LogP contribution in [0.1, 0.15) is 27.9 Å². The fraction of sp³-hybridized carbons (Fsp3) is 0.240. The molecule has 1 fully saturated rings. The van der Waals surface area contributed by atoms with Gasteiger partial charge in [0.2, 0.25) is 0 Å². The van der Waals surface area contributed by atoms with E-state index in [0.29, 0.717) is 12.2 Å². The number of quaternary nitrogens is 1. The Labute approximate surface area is 172 Å². The highest BCUT2D eigenvalue weighted by molar-refractivity contribution is 5.94. The van der Waals surface area contributed by atoms with E-state index < -0.39 is 0 Å². The van der Waals surface area contributed by atoms with Gasteiger partial charge in [-0.1, -0.05) is 60.7 Å². The molecule has 4 rings (SSSR count). The Kier molecular flexibility index (Phi) is 6.22. The third kappa shape index (κ3) is 5.46. The van der Waals surface area contributed by atoms with Crippen molar-refractivity contribution in [1.82, 2.24) is 5.32 Å². The topological polar surface area (TPSA) is 42.8 Å². The maximum atomic E-state index is 12.6. The summed E-state index contributed by atoms with van der Waals surface area (Å²) in [4.78, 5) is 14.1. The van der Waals surface area contributed by atoms with Gasteiger partial charge in [0, 0.05) is 17.5 Å². The summed E-state index contributed by atoms with van der Waals surface area (Å²) in [5.74, 6) is 0.851. The number of nitrogens with one attached hydrogen (secondary N) is 2. The summed E-state index contributed by atoms with van der Waals surface area (Å²) in [6, 6.07) is 28.2. The summed E-state index contributed by atoms with van der Waals surface area (Å²) in [6.45, 7) is 3.58. The van der Waals surface area contributed by atoms with Crippen molar-refractivity contribution in [2.24, 2.45) is 0 Å². The first kappa shape index (κ1) is 19.2. The van der Waals surface area contributed by atoms with Crippen LogP contribution in [-0.2, 0) is 13.2 Å². The Morgan fingerprint density at radius 2 is 1.59 bits per heavy atom. The molecule has 0 aliphatic carbocycles. The number of ether oxygens (including phenoxy) is 1. The molecular formula is C25H27N2O2+. The molecule has 3 aromatic rings. The van der Waals surface area contributed by atoms with Gasteiger partial charge in [-0.3, -0.25) is 4.79 Å². The highest BCUT2D eigenvalue weighted by atomic mass is 16.5. The minimum absolute atomic E-state index is 0.00601. The Balaban J connectivity index is 1.25. The van der Waals surface area contributed by atoms with Crippen LogP contribution < -0.4 is 15.0 Å². The second-order valence-electron chi connectivity index (χ2n) is 7.62. The molecule has 29 heavy (non-hydrogen) atoms. The number of carbonyl (C=O) groups is 1. The SMILES string of the molecule is O=C(N[C@H]1CC[NH+](Cc2ccccc2)C1)c1ccc(COc2ccccc2)cc1. The van der Waals surface area contributed by atoms with E-state index in [-0.39, 0.29) is 11.9 Å². The number of para-hydroxylation sites is 1. The lowest BCUT2D eigenvalue weighted by molar-refractivity contribution is -0.901. The first-order chi connectivity index (χ1) is 14.3. The Hall–Kier alpha value is -3.11. The molecule has 2 atom stereocenters. The minimum Gasteiger partial charge on any atom is -0.489 e. The van der Waals surface area contributed by atoms with Gasteiger partial charge in [0.05, 0.1) is 19.1 Å². The van der Waals surface area contributed by atoms with E-state index in [1.54, 1.807) is 0 Å². The van der Waals surface area contributed by atoms with Gasteiger partial charge in [-0.05, 0) is 29.8 Å². The Morgan fingerprint density at radius 1 is 0.897 bits per heavy atom. The van der Waals surface area contributed by atoms with Crippen LogP contribution in [0, 0.1) is 0 Å². The molecule has 1 amide bonds. The largest absolute Gasteiger partial charge is 0.489 e. The molecule has 0 bridgehead atoms. The molecule has 1 saturated heterocycles. The molecule has 4 nitrogen and oxygen atoms in total. The van der Waals surface area contributed by atoms with Gasteiger partial charge in [-0.2, -0.15) is 0 Å². The first-order valence-corrected chi connectivity index (χ1v) is 10.2. The number of rotatable bonds is 7. The van der Waals surface area contributed by atoms with Crippen LogP contribution in [0.15, 0.2) is 84.9 Å². The van der Waals surface area contributed by atoms with Crippen LogP contribution >= 0.6 is 0 Å². The van der Waals surface area contributed by atoms with Crippen molar-refractivity contribution in [2.45, 2.75) is 25.6 Å². The third-order valence-electron chi connectivity index (χ3n) is 5.38. The van der Waals surface area contributed by atoms with Crippen molar-refractivity contribution < 1.29 is 14.4 Å². The highest BCUT2D eigenvalue weighted by Gasteiger charge is 2.27. The molecule has 1 aliphatic heterocycles.